The summed E-state index contributed by atoms with van der Waals surface area (Å²) in [5, 5.41) is 0. The first kappa shape index (κ1) is 15.7. The maximum atomic E-state index is 7.23. The van der Waals surface area contributed by atoms with Gasteiger partial charge < -0.3 is 16.1 Å². The van der Waals surface area contributed by atoms with Crippen LogP contribution in [0.5, 0.6) is 0 Å². The fourth-order valence-corrected chi connectivity index (χ4v) is 0. The summed E-state index contributed by atoms with van der Waals surface area (Å²) in [7, 11) is -2.62. The fraction of sp³-hybridized carbons (Fsp3) is 0. The maximum absolute atomic E-state index is 7.23. The second-order valence-corrected chi connectivity index (χ2v) is 0.805. The Kier molecular flexibility index (Phi) is 24.8. The van der Waals surface area contributed by atoms with Crippen molar-refractivity contribution in [1.82, 2.24) is 0 Å². The van der Waals surface area contributed by atoms with Crippen molar-refractivity contribution in [1.29, 1.82) is 0 Å². The monoisotopic (exact) mass is 122 g/mol. The topological polar surface area (TPSA) is 60.7 Å². The minimum absolute atomic E-state index is 0. The summed E-state index contributed by atoms with van der Waals surface area (Å²) in [5.74, 6) is 0. The van der Waals surface area contributed by atoms with E-state index in [1.54, 1.807) is 0 Å². The molecule has 0 amide bonds. The first-order chi connectivity index (χ1) is 1.73. The molecule has 0 rings (SSSR count). The van der Waals surface area contributed by atoms with Gasteiger partial charge in [0.1, 0.15) is 0 Å². The fourth-order valence-electron chi connectivity index (χ4n) is 0. The van der Waals surface area contributed by atoms with E-state index in [0.717, 1.165) is 0 Å². The number of hydrogen-bond donors (Lipinski definition) is 3. The van der Waals surface area contributed by atoms with Crippen LogP contribution in [0.3, 0.4) is 0 Å². The zero-order chi connectivity index (χ0) is 3.58. The third-order valence-electron chi connectivity index (χ3n) is 0. The molecule has 0 spiro atoms. The zero-order valence-corrected chi connectivity index (χ0v) is 3.68. The number of rotatable bonds is 0. The van der Waals surface area contributed by atoms with Gasteiger partial charge in [-0.05, 0) is 11.0 Å². The molecule has 0 saturated heterocycles. The summed E-state index contributed by atoms with van der Waals surface area (Å²) in [6, 6.07) is 0. The molecule has 36 valence electrons. The van der Waals surface area contributed by atoms with Crippen molar-refractivity contribution in [3.05, 3.63) is 0 Å². The summed E-state index contributed by atoms with van der Waals surface area (Å²) < 4.78 is 0. The van der Waals surface area contributed by atoms with Crippen LogP contribution in [0.4, 0.5) is 0 Å². The second-order valence-electron chi connectivity index (χ2n) is 0.268. The minimum atomic E-state index is -2.62. The van der Waals surface area contributed by atoms with Crippen LogP contribution in [-0.2, 0) is 0 Å². The van der Waals surface area contributed by atoms with Crippen LogP contribution in [-0.4, -0.2) is 25.6 Å². The van der Waals surface area contributed by atoms with Crippen LogP contribution in [0.15, 0.2) is 0 Å². The summed E-state index contributed by atoms with van der Waals surface area (Å²) >= 11 is 0. The predicted molar refractivity (Wildman–Crippen MR) is 26.0 cm³/mol. The molecule has 0 aliphatic carbocycles. The van der Waals surface area contributed by atoms with E-state index in [0.29, 0.717) is 0 Å². The molecular formula is H8LiO3PSi. The van der Waals surface area contributed by atoms with Crippen LogP contribution < -0.4 is 18.9 Å². The van der Waals surface area contributed by atoms with Crippen molar-refractivity contribution < 1.29 is 35.0 Å². The van der Waals surface area contributed by atoms with E-state index < -0.39 is 8.60 Å². The molecule has 0 aliphatic heterocycles. The molecule has 0 bridgehead atoms. The molecule has 0 aromatic carbocycles. The van der Waals surface area contributed by atoms with Gasteiger partial charge in [-0.3, -0.25) is 0 Å². The molecule has 3 nitrogen and oxygen atoms in total. The molecule has 0 saturated carbocycles. The Bertz CT molecular complexity index is 19.7. The van der Waals surface area contributed by atoms with Crippen LogP contribution in [0.1, 0.15) is 1.43 Å². The van der Waals surface area contributed by atoms with Crippen LogP contribution >= 0.6 is 8.60 Å². The zero-order valence-electron chi connectivity index (χ0n) is 3.79. The van der Waals surface area contributed by atoms with Gasteiger partial charge in [-0.1, -0.05) is 0 Å². The van der Waals surface area contributed by atoms with Crippen molar-refractivity contribution in [2.75, 3.05) is 0 Å². The summed E-state index contributed by atoms with van der Waals surface area (Å²) in [6.45, 7) is 0. The van der Waals surface area contributed by atoms with Gasteiger partial charge in [-0.15, -0.1) is 0 Å². The largest absolute Gasteiger partial charge is 1.00 e. The Morgan fingerprint density at radius 3 is 1.17 bits per heavy atom. The van der Waals surface area contributed by atoms with Crippen LogP contribution in [0.25, 0.3) is 0 Å². The van der Waals surface area contributed by atoms with Gasteiger partial charge in [-0.25, -0.2) is 0 Å². The standard InChI is InChI=1S/Li.H3O3P.H4Si.H/c;1-4(2)3;;/h;1-3H;1H4;/q+1;;;-1. The van der Waals surface area contributed by atoms with E-state index >= 15 is 0 Å². The van der Waals surface area contributed by atoms with E-state index in [9.17, 15) is 0 Å². The van der Waals surface area contributed by atoms with Gasteiger partial charge in [0.05, 0.1) is 0 Å². The number of hydrogen-bond acceptors (Lipinski definition) is 3. The van der Waals surface area contributed by atoms with E-state index in [1.165, 1.54) is 0 Å². The molecule has 6 heteroatoms. The third-order valence-corrected chi connectivity index (χ3v) is 0. The van der Waals surface area contributed by atoms with Crippen molar-refractivity contribution in [2.45, 2.75) is 0 Å². The molecule has 0 unspecified atom stereocenters. The Morgan fingerprint density at radius 2 is 1.17 bits per heavy atom. The van der Waals surface area contributed by atoms with Crippen molar-refractivity contribution in [2.24, 2.45) is 0 Å². The molecule has 6 heavy (non-hydrogen) atoms. The van der Waals surface area contributed by atoms with Gasteiger partial charge in [0.2, 0.25) is 0 Å². The third kappa shape index (κ3) is 69.0. The van der Waals surface area contributed by atoms with E-state index in [1.807, 2.05) is 0 Å². The smallest absolute Gasteiger partial charge is 1.00 e. The molecule has 0 aromatic heterocycles. The summed E-state index contributed by atoms with van der Waals surface area (Å²) in [4.78, 5) is 21.7. The molecular weight excluding hydrogens is 114 g/mol. The Balaban J connectivity index is -0.0000000150. The van der Waals surface area contributed by atoms with Gasteiger partial charge >= 0.3 is 27.5 Å². The van der Waals surface area contributed by atoms with Crippen LogP contribution in [0.2, 0.25) is 0 Å². The van der Waals surface area contributed by atoms with Gasteiger partial charge in [0.15, 0.2) is 0 Å². The Morgan fingerprint density at radius 1 is 1.17 bits per heavy atom. The molecule has 0 aromatic rings. The van der Waals surface area contributed by atoms with E-state index in [-0.39, 0.29) is 31.3 Å². The van der Waals surface area contributed by atoms with E-state index in [4.69, 9.17) is 14.7 Å². The average Bonchev–Trinajstić information content (AvgIpc) is 0.811. The van der Waals surface area contributed by atoms with Gasteiger partial charge in [-0.2, -0.15) is 0 Å². The molecule has 0 heterocycles. The van der Waals surface area contributed by atoms with Crippen molar-refractivity contribution in [3.8, 4) is 0 Å². The molecule has 0 aliphatic rings. The van der Waals surface area contributed by atoms with Gasteiger partial charge in [0, 0.05) is 0 Å². The summed E-state index contributed by atoms with van der Waals surface area (Å²) in [6.07, 6.45) is 0. The van der Waals surface area contributed by atoms with E-state index in [2.05, 4.69) is 0 Å². The van der Waals surface area contributed by atoms with Crippen molar-refractivity contribution >= 4 is 19.6 Å². The first-order valence-electron chi connectivity index (χ1n) is 0.600. The maximum Gasteiger partial charge on any atom is 1.00 e. The predicted octanol–water partition coefficient (Wildman–Crippen LogP) is -5.14. The molecule has 3 N–H and O–H groups in total. The minimum Gasteiger partial charge on any atom is -1.00 e. The molecule has 0 atom stereocenters. The van der Waals surface area contributed by atoms with Gasteiger partial charge in [0.25, 0.3) is 0 Å². The first-order valence-corrected chi connectivity index (χ1v) is 1.80. The SMILES string of the molecule is OP(O)O.[H-].[Li+].[SiH4]. The average molecular weight is 122 g/mol. The quantitative estimate of drug-likeness (QED) is 0.222. The normalized spacial score (nSPS) is 6.00. The Hall–Kier alpha value is 1.12. The Labute approximate surface area is 55.1 Å². The second kappa shape index (κ2) is 9.45. The summed E-state index contributed by atoms with van der Waals surface area (Å²) in [5.41, 5.74) is 0. The molecule has 0 fully saturated rings. The van der Waals surface area contributed by atoms with Crippen molar-refractivity contribution in [3.63, 3.8) is 0 Å². The molecule has 0 radical (unpaired) electrons. The van der Waals surface area contributed by atoms with Crippen LogP contribution in [0, 0.1) is 0 Å².